The number of rotatable bonds is 9. The third-order valence-corrected chi connectivity index (χ3v) is 6.62. The minimum atomic E-state index is -3.45. The predicted molar refractivity (Wildman–Crippen MR) is 102 cm³/mol. The second-order valence-corrected chi connectivity index (χ2v) is 8.48. The minimum absolute atomic E-state index is 0.233. The molecule has 1 heterocycles. The lowest BCUT2D eigenvalue weighted by molar-refractivity contribution is 0.344. The van der Waals surface area contributed by atoms with E-state index < -0.39 is 10.0 Å². The van der Waals surface area contributed by atoms with Crippen LogP contribution in [-0.4, -0.2) is 43.2 Å². The Hall–Kier alpha value is -1.57. The van der Waals surface area contributed by atoms with Crippen molar-refractivity contribution < 1.29 is 13.2 Å². The highest BCUT2D eigenvalue weighted by Gasteiger charge is 2.21. The largest absolute Gasteiger partial charge is 0.493 e. The van der Waals surface area contributed by atoms with Crippen molar-refractivity contribution in [2.75, 3.05) is 25.4 Å². The van der Waals surface area contributed by atoms with E-state index in [-0.39, 0.29) is 4.90 Å². The van der Waals surface area contributed by atoms with E-state index in [9.17, 15) is 8.42 Å². The van der Waals surface area contributed by atoms with E-state index in [1.54, 1.807) is 12.1 Å². The normalized spacial score (nSPS) is 11.7. The van der Waals surface area contributed by atoms with Gasteiger partial charge in [0.15, 0.2) is 0 Å². The average Bonchev–Trinajstić information content (AvgIpc) is 2.61. The zero-order valence-electron chi connectivity index (χ0n) is 14.8. The van der Waals surface area contributed by atoms with Crippen molar-refractivity contribution in [3.63, 3.8) is 0 Å². The van der Waals surface area contributed by atoms with Gasteiger partial charge in [-0.05, 0) is 31.2 Å². The molecule has 0 radical (unpaired) electrons. The van der Waals surface area contributed by atoms with Crippen molar-refractivity contribution in [1.29, 1.82) is 0 Å². The summed E-state index contributed by atoms with van der Waals surface area (Å²) >= 11 is 1.54. The maximum Gasteiger partial charge on any atom is 0.244 e. The summed E-state index contributed by atoms with van der Waals surface area (Å²) in [6.07, 6.45) is 1.43. The van der Waals surface area contributed by atoms with Gasteiger partial charge in [0.05, 0.1) is 11.6 Å². The number of pyridine rings is 1. The zero-order chi connectivity index (χ0) is 18.3. The molecule has 0 unspecified atom stereocenters. The molecule has 0 N–H and O–H groups in total. The van der Waals surface area contributed by atoms with Crippen LogP contribution in [0.1, 0.15) is 19.4 Å². The molecule has 2 rings (SSSR count). The van der Waals surface area contributed by atoms with Crippen LogP contribution < -0.4 is 4.74 Å². The number of ether oxygens (including phenoxy) is 1. The first-order chi connectivity index (χ1) is 12.0. The van der Waals surface area contributed by atoms with Crippen LogP contribution >= 0.6 is 11.8 Å². The molecule has 25 heavy (non-hydrogen) atoms. The number of hydrogen-bond acceptors (Lipinski definition) is 5. The van der Waals surface area contributed by atoms with Crippen LogP contribution in [0.15, 0.2) is 52.5 Å². The van der Waals surface area contributed by atoms with E-state index in [1.165, 1.54) is 27.8 Å². The number of hydrogen-bond donors (Lipinski definition) is 0. The number of aryl methyl sites for hydroxylation is 1. The molecule has 0 atom stereocenters. The maximum absolute atomic E-state index is 12.4. The van der Waals surface area contributed by atoms with Gasteiger partial charge in [0, 0.05) is 25.0 Å². The summed E-state index contributed by atoms with van der Waals surface area (Å²) in [6.45, 7) is 7.15. The molecule has 0 aliphatic rings. The highest BCUT2D eigenvalue weighted by molar-refractivity contribution is 7.99. The van der Waals surface area contributed by atoms with Crippen molar-refractivity contribution in [2.45, 2.75) is 30.7 Å². The van der Waals surface area contributed by atoms with Crippen molar-refractivity contribution in [3.05, 3.63) is 48.2 Å². The van der Waals surface area contributed by atoms with Gasteiger partial charge in [0.1, 0.15) is 10.6 Å². The van der Waals surface area contributed by atoms with Crippen molar-refractivity contribution in [3.8, 4) is 5.75 Å². The second-order valence-electron chi connectivity index (χ2n) is 5.43. The summed E-state index contributed by atoms with van der Waals surface area (Å²) in [4.78, 5) is 4.49. The van der Waals surface area contributed by atoms with Gasteiger partial charge >= 0.3 is 0 Å². The smallest absolute Gasteiger partial charge is 0.244 e. The molecule has 0 aliphatic carbocycles. The lowest BCUT2D eigenvalue weighted by Gasteiger charge is -2.18. The van der Waals surface area contributed by atoms with Gasteiger partial charge in [-0.25, -0.2) is 13.4 Å². The summed E-state index contributed by atoms with van der Waals surface area (Å²) < 4.78 is 31.9. The van der Waals surface area contributed by atoms with Crippen LogP contribution in [0.2, 0.25) is 0 Å². The van der Waals surface area contributed by atoms with Crippen LogP contribution in [0, 0.1) is 6.92 Å². The van der Waals surface area contributed by atoms with Gasteiger partial charge in [-0.15, -0.1) is 11.8 Å². The first kappa shape index (κ1) is 19.8. The van der Waals surface area contributed by atoms with Crippen molar-refractivity contribution in [2.24, 2.45) is 0 Å². The summed E-state index contributed by atoms with van der Waals surface area (Å²) in [5.41, 5.74) is 1.20. The number of aromatic nitrogens is 1. The molecule has 1 aromatic carbocycles. The Kier molecular flexibility index (Phi) is 7.28. The Bertz CT molecular complexity index is 756. The van der Waals surface area contributed by atoms with E-state index in [2.05, 4.69) is 4.98 Å². The topological polar surface area (TPSA) is 59.5 Å². The molecule has 7 heteroatoms. The summed E-state index contributed by atoms with van der Waals surface area (Å²) in [5, 5.41) is 0.783. The fraction of sp³-hybridized carbons (Fsp3) is 0.389. The van der Waals surface area contributed by atoms with Gasteiger partial charge in [-0.2, -0.15) is 4.31 Å². The Morgan fingerprint density at radius 3 is 2.32 bits per heavy atom. The Morgan fingerprint density at radius 1 is 1.08 bits per heavy atom. The standard InChI is InChI=1S/C18H24N2O3S2/c1-4-20(5-2)25(21,22)17-10-11-18(19-14-17)24-13-12-23-16-8-6-15(3)7-9-16/h6-11,14H,4-5,12-13H2,1-3H3. The Labute approximate surface area is 154 Å². The van der Waals surface area contributed by atoms with Gasteiger partial charge in [0.2, 0.25) is 10.0 Å². The van der Waals surface area contributed by atoms with Gasteiger partial charge < -0.3 is 4.74 Å². The fourth-order valence-corrected chi connectivity index (χ4v) is 4.33. The molecule has 0 amide bonds. The van der Waals surface area contributed by atoms with E-state index in [0.717, 1.165) is 16.5 Å². The first-order valence-electron chi connectivity index (χ1n) is 8.25. The Morgan fingerprint density at radius 2 is 1.76 bits per heavy atom. The lowest BCUT2D eigenvalue weighted by Crippen LogP contribution is -2.30. The molecule has 0 bridgehead atoms. The highest BCUT2D eigenvalue weighted by atomic mass is 32.2. The van der Waals surface area contributed by atoms with Crippen LogP contribution in [0.25, 0.3) is 0 Å². The number of benzene rings is 1. The number of thioether (sulfide) groups is 1. The van der Waals surface area contributed by atoms with E-state index in [0.29, 0.717) is 19.7 Å². The number of nitrogens with zero attached hydrogens (tertiary/aromatic N) is 2. The zero-order valence-corrected chi connectivity index (χ0v) is 16.4. The third-order valence-electron chi connectivity index (χ3n) is 3.68. The fourth-order valence-electron chi connectivity index (χ4n) is 2.26. The molecule has 0 fully saturated rings. The van der Waals surface area contributed by atoms with Gasteiger partial charge in [-0.3, -0.25) is 0 Å². The van der Waals surface area contributed by atoms with Crippen molar-refractivity contribution >= 4 is 21.8 Å². The van der Waals surface area contributed by atoms with E-state index in [1.807, 2.05) is 45.0 Å². The molecule has 0 saturated heterocycles. The summed E-state index contributed by atoms with van der Waals surface area (Å²) in [6, 6.07) is 11.3. The molecule has 1 aromatic heterocycles. The molecule has 0 spiro atoms. The molecule has 0 aliphatic heterocycles. The first-order valence-corrected chi connectivity index (χ1v) is 10.7. The second kappa shape index (κ2) is 9.22. The average molecular weight is 381 g/mol. The quantitative estimate of drug-likeness (QED) is 0.491. The van der Waals surface area contributed by atoms with Crippen LogP contribution in [0.4, 0.5) is 0 Å². The summed E-state index contributed by atoms with van der Waals surface area (Å²) in [7, 11) is -3.45. The SMILES string of the molecule is CCN(CC)S(=O)(=O)c1ccc(SCCOc2ccc(C)cc2)nc1. The molecule has 5 nitrogen and oxygen atoms in total. The third kappa shape index (κ3) is 5.45. The predicted octanol–water partition coefficient (Wildman–Crippen LogP) is 3.59. The molecule has 136 valence electrons. The van der Waals surface area contributed by atoms with Gasteiger partial charge in [-0.1, -0.05) is 31.5 Å². The number of sulfonamides is 1. The summed E-state index contributed by atoms with van der Waals surface area (Å²) in [5.74, 6) is 1.59. The van der Waals surface area contributed by atoms with E-state index >= 15 is 0 Å². The van der Waals surface area contributed by atoms with Crippen LogP contribution in [0.5, 0.6) is 5.75 Å². The molecule has 2 aromatic rings. The highest BCUT2D eigenvalue weighted by Crippen LogP contribution is 2.20. The van der Waals surface area contributed by atoms with Crippen molar-refractivity contribution in [1.82, 2.24) is 9.29 Å². The molecular weight excluding hydrogens is 356 g/mol. The van der Waals surface area contributed by atoms with Crippen LogP contribution in [0.3, 0.4) is 0 Å². The monoisotopic (exact) mass is 380 g/mol. The van der Waals surface area contributed by atoms with Gasteiger partial charge in [0.25, 0.3) is 0 Å². The lowest BCUT2D eigenvalue weighted by atomic mass is 10.2. The molecule has 0 saturated carbocycles. The Balaban J connectivity index is 1.87. The molecular formula is C18H24N2O3S2. The van der Waals surface area contributed by atoms with Crippen LogP contribution in [-0.2, 0) is 10.0 Å². The minimum Gasteiger partial charge on any atom is -0.493 e. The maximum atomic E-state index is 12.4. The van der Waals surface area contributed by atoms with E-state index in [4.69, 9.17) is 4.74 Å².